The van der Waals surface area contributed by atoms with Crippen molar-refractivity contribution in [3.63, 3.8) is 0 Å². The molecule has 1 aromatic heterocycles. The van der Waals surface area contributed by atoms with E-state index in [0.29, 0.717) is 17.5 Å². The number of esters is 1. The fourth-order valence-corrected chi connectivity index (χ4v) is 2.27. The summed E-state index contributed by atoms with van der Waals surface area (Å²) in [5.74, 6) is 0.918. The zero-order chi connectivity index (χ0) is 12.7. The van der Waals surface area contributed by atoms with Gasteiger partial charge in [-0.3, -0.25) is 4.79 Å². The van der Waals surface area contributed by atoms with E-state index >= 15 is 0 Å². The Labute approximate surface area is 110 Å². The van der Waals surface area contributed by atoms with Crippen LogP contribution in [0.4, 0.5) is 0 Å². The highest BCUT2D eigenvalue weighted by Gasteiger charge is 2.14. The summed E-state index contributed by atoms with van der Waals surface area (Å²) < 4.78 is 4.82. The van der Waals surface area contributed by atoms with Crippen molar-refractivity contribution in [2.24, 2.45) is 5.73 Å². The first-order valence-corrected chi connectivity index (χ1v) is 6.77. The van der Waals surface area contributed by atoms with Crippen molar-refractivity contribution in [1.29, 1.82) is 0 Å². The fraction of sp³-hybridized carbons (Fsp3) is 0.455. The number of carbonyl (C=O) groups excluding carboxylic acids is 1. The maximum absolute atomic E-state index is 11.2. The van der Waals surface area contributed by atoms with E-state index in [-0.39, 0.29) is 5.97 Å². The number of nitrogens with two attached hydrogens (primary N) is 1. The lowest BCUT2D eigenvalue weighted by atomic mass is 10.3. The molecule has 94 valence electrons. The molecule has 0 bridgehead atoms. The van der Waals surface area contributed by atoms with Crippen molar-refractivity contribution in [2.45, 2.75) is 18.7 Å². The van der Waals surface area contributed by atoms with Gasteiger partial charge in [0.2, 0.25) is 0 Å². The van der Waals surface area contributed by atoms with Gasteiger partial charge in [0, 0.05) is 17.7 Å². The molecule has 0 aliphatic carbocycles. The highest BCUT2D eigenvalue weighted by atomic mass is 35.5. The zero-order valence-electron chi connectivity index (χ0n) is 9.56. The second-order valence-electron chi connectivity index (χ2n) is 3.36. The molecule has 0 amide bonds. The molecule has 0 aliphatic heterocycles. The number of nitrogens with zero attached hydrogens (tertiary/aromatic N) is 1. The van der Waals surface area contributed by atoms with E-state index in [1.807, 2.05) is 6.07 Å². The number of halogens is 1. The van der Waals surface area contributed by atoms with Gasteiger partial charge >= 0.3 is 5.97 Å². The molecule has 2 N–H and O–H groups in total. The van der Waals surface area contributed by atoms with Crippen LogP contribution in [-0.4, -0.2) is 29.4 Å². The third-order valence-corrected chi connectivity index (χ3v) is 3.29. The molecule has 1 unspecified atom stereocenters. The van der Waals surface area contributed by atoms with E-state index in [0.717, 1.165) is 11.3 Å². The van der Waals surface area contributed by atoms with E-state index < -0.39 is 6.04 Å². The normalized spacial score (nSPS) is 12.2. The van der Waals surface area contributed by atoms with Crippen LogP contribution in [0.2, 0.25) is 5.15 Å². The molecule has 0 saturated heterocycles. The minimum Gasteiger partial charge on any atom is -0.465 e. The van der Waals surface area contributed by atoms with Gasteiger partial charge in [-0.25, -0.2) is 4.98 Å². The number of aromatic nitrogens is 1. The Kier molecular flexibility index (Phi) is 6.32. The number of thioether (sulfide) groups is 1. The molecule has 0 aliphatic rings. The molecule has 0 saturated carbocycles. The maximum Gasteiger partial charge on any atom is 0.323 e. The Hall–Kier alpha value is -0.780. The molecule has 4 nitrogen and oxygen atoms in total. The van der Waals surface area contributed by atoms with Crippen LogP contribution >= 0.6 is 23.4 Å². The van der Waals surface area contributed by atoms with Gasteiger partial charge in [-0.2, -0.15) is 11.8 Å². The minimum absolute atomic E-state index is 0.354. The van der Waals surface area contributed by atoms with Crippen LogP contribution in [0.15, 0.2) is 18.3 Å². The van der Waals surface area contributed by atoms with Gasteiger partial charge in [0.05, 0.1) is 6.61 Å². The van der Waals surface area contributed by atoms with Crippen molar-refractivity contribution in [3.05, 3.63) is 29.0 Å². The number of carbonyl (C=O) groups is 1. The fourth-order valence-electron chi connectivity index (χ4n) is 1.15. The first-order chi connectivity index (χ1) is 8.13. The van der Waals surface area contributed by atoms with E-state index in [1.165, 1.54) is 0 Å². The van der Waals surface area contributed by atoms with Gasteiger partial charge < -0.3 is 10.5 Å². The Morgan fingerprint density at radius 1 is 1.71 bits per heavy atom. The molecule has 1 heterocycles. The predicted octanol–water partition coefficient (Wildman–Crippen LogP) is 1.86. The maximum atomic E-state index is 11.2. The summed E-state index contributed by atoms with van der Waals surface area (Å²) in [5, 5.41) is 0.470. The quantitative estimate of drug-likeness (QED) is 0.634. The lowest BCUT2D eigenvalue weighted by molar-refractivity contribution is -0.144. The number of pyridine rings is 1. The molecule has 17 heavy (non-hydrogen) atoms. The third kappa shape index (κ3) is 5.39. The zero-order valence-corrected chi connectivity index (χ0v) is 11.1. The lowest BCUT2D eigenvalue weighted by Gasteiger charge is -2.09. The van der Waals surface area contributed by atoms with E-state index in [1.54, 1.807) is 30.9 Å². The van der Waals surface area contributed by atoms with Crippen LogP contribution in [0.1, 0.15) is 12.5 Å². The molecule has 0 spiro atoms. The lowest BCUT2D eigenvalue weighted by Crippen LogP contribution is -2.34. The van der Waals surface area contributed by atoms with Crippen LogP contribution in [0.25, 0.3) is 0 Å². The molecule has 1 rings (SSSR count). The van der Waals surface area contributed by atoms with Gasteiger partial charge in [0.25, 0.3) is 0 Å². The van der Waals surface area contributed by atoms with E-state index in [9.17, 15) is 4.79 Å². The standard InChI is InChI=1S/C11H15ClN2O2S/c1-2-16-11(15)9(13)7-17-6-8-3-4-14-10(12)5-8/h3-5,9H,2,6-7,13H2,1H3. The highest BCUT2D eigenvalue weighted by molar-refractivity contribution is 7.98. The smallest absolute Gasteiger partial charge is 0.323 e. The van der Waals surface area contributed by atoms with Crippen LogP contribution < -0.4 is 5.73 Å². The van der Waals surface area contributed by atoms with Crippen molar-refractivity contribution >= 4 is 29.3 Å². The van der Waals surface area contributed by atoms with Gasteiger partial charge in [-0.15, -0.1) is 0 Å². The second-order valence-corrected chi connectivity index (χ2v) is 4.78. The van der Waals surface area contributed by atoms with Crippen LogP contribution in [-0.2, 0) is 15.3 Å². The first kappa shape index (κ1) is 14.3. The van der Waals surface area contributed by atoms with E-state index in [4.69, 9.17) is 22.1 Å². The van der Waals surface area contributed by atoms with Gasteiger partial charge in [0.15, 0.2) is 0 Å². The van der Waals surface area contributed by atoms with E-state index in [2.05, 4.69) is 4.98 Å². The van der Waals surface area contributed by atoms with Crippen LogP contribution in [0, 0.1) is 0 Å². The highest BCUT2D eigenvalue weighted by Crippen LogP contribution is 2.15. The summed E-state index contributed by atoms with van der Waals surface area (Å²) in [6.45, 7) is 2.12. The average Bonchev–Trinajstić information content (AvgIpc) is 2.29. The Balaban J connectivity index is 2.30. The van der Waals surface area contributed by atoms with Crippen molar-refractivity contribution in [3.8, 4) is 0 Å². The number of hydrogen-bond donors (Lipinski definition) is 1. The summed E-state index contributed by atoms with van der Waals surface area (Å²) in [4.78, 5) is 15.1. The van der Waals surface area contributed by atoms with Crippen molar-refractivity contribution in [1.82, 2.24) is 4.98 Å². The molecule has 0 aromatic carbocycles. The molecule has 1 atom stereocenters. The minimum atomic E-state index is -0.572. The Morgan fingerprint density at radius 3 is 3.12 bits per heavy atom. The second kappa shape index (κ2) is 7.53. The molecule has 0 fully saturated rings. The Bertz CT molecular complexity index is 376. The molecule has 6 heteroatoms. The number of ether oxygens (including phenoxy) is 1. The van der Waals surface area contributed by atoms with Gasteiger partial charge in [-0.05, 0) is 24.6 Å². The summed E-state index contributed by atoms with van der Waals surface area (Å²) >= 11 is 7.32. The summed E-state index contributed by atoms with van der Waals surface area (Å²) in [7, 11) is 0. The van der Waals surface area contributed by atoms with Gasteiger partial charge in [-0.1, -0.05) is 11.6 Å². The van der Waals surface area contributed by atoms with Crippen molar-refractivity contribution < 1.29 is 9.53 Å². The van der Waals surface area contributed by atoms with Crippen LogP contribution in [0.5, 0.6) is 0 Å². The predicted molar refractivity (Wildman–Crippen MR) is 70.0 cm³/mol. The summed E-state index contributed by atoms with van der Waals surface area (Å²) in [5.41, 5.74) is 6.72. The molecular weight excluding hydrogens is 260 g/mol. The largest absolute Gasteiger partial charge is 0.465 e. The van der Waals surface area contributed by atoms with Crippen molar-refractivity contribution in [2.75, 3.05) is 12.4 Å². The Morgan fingerprint density at radius 2 is 2.47 bits per heavy atom. The topological polar surface area (TPSA) is 65.2 Å². The monoisotopic (exact) mass is 274 g/mol. The average molecular weight is 275 g/mol. The molecular formula is C11H15ClN2O2S. The first-order valence-electron chi connectivity index (χ1n) is 5.24. The third-order valence-electron chi connectivity index (χ3n) is 1.95. The SMILES string of the molecule is CCOC(=O)C(N)CSCc1ccnc(Cl)c1. The molecule has 1 aromatic rings. The summed E-state index contributed by atoms with van der Waals surface area (Å²) in [6.07, 6.45) is 1.66. The number of hydrogen-bond acceptors (Lipinski definition) is 5. The molecule has 0 radical (unpaired) electrons. The number of rotatable bonds is 6. The summed E-state index contributed by atoms with van der Waals surface area (Å²) in [6, 6.07) is 3.11. The van der Waals surface area contributed by atoms with Gasteiger partial charge in [0.1, 0.15) is 11.2 Å². The van der Waals surface area contributed by atoms with Crippen LogP contribution in [0.3, 0.4) is 0 Å².